The Morgan fingerprint density at radius 2 is 1.92 bits per heavy atom. The maximum Gasteiger partial charge on any atom is 0.0788 e. The molecule has 0 spiro atoms. The number of nitriles is 2. The minimum Gasteiger partial charge on any atom is -0.198 e. The minimum atomic E-state index is -3.88. The Bertz CT molecular complexity index is 261. The van der Waals surface area contributed by atoms with E-state index in [0.29, 0.717) is 0 Å². The molecule has 0 amide bonds. The smallest absolute Gasteiger partial charge is 0.0788 e. The molecule has 2 nitrogen and oxygen atoms in total. The first-order chi connectivity index (χ1) is 5.79. The molecule has 0 fully saturated rings. The first-order valence-corrected chi connectivity index (χ1v) is 5.57. The van der Waals surface area contributed by atoms with Crippen LogP contribution >= 0.6 is 10.8 Å². The first-order valence-electron chi connectivity index (χ1n) is 3.73. The highest BCUT2D eigenvalue weighted by molar-refractivity contribution is 8.25. The maximum absolute atomic E-state index is 13.2. The van der Waals surface area contributed by atoms with E-state index in [-0.39, 0.29) is 6.42 Å². The van der Waals surface area contributed by atoms with Crippen molar-refractivity contribution in [2.75, 3.05) is 6.26 Å². The molecule has 0 heterocycles. The third-order valence-electron chi connectivity index (χ3n) is 2.36. The van der Waals surface area contributed by atoms with Gasteiger partial charge in [0.15, 0.2) is 0 Å². The molecule has 13 heavy (non-hydrogen) atoms. The summed E-state index contributed by atoms with van der Waals surface area (Å²) in [4.78, 5) is 0. The summed E-state index contributed by atoms with van der Waals surface area (Å²) in [5, 5.41) is 17.0. The summed E-state index contributed by atoms with van der Waals surface area (Å²) in [6.07, 6.45) is 0.554. The Balaban J connectivity index is 5.00. The van der Waals surface area contributed by atoms with Gasteiger partial charge in [0, 0.05) is 6.26 Å². The standard InChI is InChI=1S/C8H12F2N2S/c1-7(6-12)8(2,4-5-11)13(3,9)10/h7H,4H2,1-3H3. The predicted molar refractivity (Wildman–Crippen MR) is 49.1 cm³/mol. The summed E-state index contributed by atoms with van der Waals surface area (Å²) < 4.78 is 24.9. The number of rotatable bonds is 3. The molecule has 0 aromatic heterocycles. The lowest BCUT2D eigenvalue weighted by atomic mass is 9.94. The van der Waals surface area contributed by atoms with Crippen LogP contribution in [0.15, 0.2) is 0 Å². The van der Waals surface area contributed by atoms with E-state index in [9.17, 15) is 7.77 Å². The molecule has 0 N–H and O–H groups in total. The van der Waals surface area contributed by atoms with Crippen LogP contribution in [0.25, 0.3) is 0 Å². The third-order valence-corrected chi connectivity index (χ3v) is 4.49. The summed E-state index contributed by atoms with van der Waals surface area (Å²) >= 11 is 0. The molecule has 5 heteroatoms. The van der Waals surface area contributed by atoms with Gasteiger partial charge in [0.05, 0.1) is 40.0 Å². The number of hydrogen-bond donors (Lipinski definition) is 0. The van der Waals surface area contributed by atoms with Crippen LogP contribution in [0.5, 0.6) is 0 Å². The zero-order chi connectivity index (χ0) is 10.7. The molecule has 0 aliphatic rings. The van der Waals surface area contributed by atoms with E-state index >= 15 is 0 Å². The summed E-state index contributed by atoms with van der Waals surface area (Å²) in [6.45, 7) is 2.74. The summed E-state index contributed by atoms with van der Waals surface area (Å²) in [5.74, 6) is -0.804. The zero-order valence-corrected chi connectivity index (χ0v) is 8.66. The average molecular weight is 206 g/mol. The van der Waals surface area contributed by atoms with Crippen LogP contribution < -0.4 is 0 Å². The molecule has 0 bridgehead atoms. The van der Waals surface area contributed by atoms with Gasteiger partial charge in [-0.2, -0.15) is 18.3 Å². The van der Waals surface area contributed by atoms with Gasteiger partial charge in [-0.3, -0.25) is 0 Å². The van der Waals surface area contributed by atoms with Crippen LogP contribution in [0, 0.1) is 28.6 Å². The molecular formula is C8H12F2N2S. The fraction of sp³-hybridized carbons (Fsp3) is 0.750. The van der Waals surface area contributed by atoms with E-state index in [0.717, 1.165) is 6.26 Å². The van der Waals surface area contributed by atoms with Gasteiger partial charge in [-0.05, 0) is 13.8 Å². The van der Waals surface area contributed by atoms with Gasteiger partial charge in [0.1, 0.15) is 0 Å². The SMILES string of the molecule is CC(C#N)C(C)(CC#N)S(C)(F)F. The number of hydrogen-bond acceptors (Lipinski definition) is 2. The summed E-state index contributed by atoms with van der Waals surface area (Å²) in [5.41, 5.74) is 0. The van der Waals surface area contributed by atoms with Crippen LogP contribution in [-0.2, 0) is 0 Å². The van der Waals surface area contributed by atoms with E-state index in [2.05, 4.69) is 0 Å². The van der Waals surface area contributed by atoms with Gasteiger partial charge in [-0.15, -0.1) is 0 Å². The molecule has 0 aromatic carbocycles. The molecule has 0 aromatic rings. The normalized spacial score (nSPS) is 19.3. The second-order valence-electron chi connectivity index (χ2n) is 3.22. The largest absolute Gasteiger partial charge is 0.198 e. The van der Waals surface area contributed by atoms with Gasteiger partial charge < -0.3 is 0 Å². The van der Waals surface area contributed by atoms with Crippen molar-refractivity contribution in [2.24, 2.45) is 5.92 Å². The van der Waals surface area contributed by atoms with Gasteiger partial charge in [-0.1, -0.05) is 0 Å². The third kappa shape index (κ3) is 2.32. The fourth-order valence-electron chi connectivity index (χ4n) is 0.884. The second-order valence-corrected chi connectivity index (χ2v) is 5.61. The topological polar surface area (TPSA) is 47.6 Å². The monoisotopic (exact) mass is 206 g/mol. The van der Waals surface area contributed by atoms with Gasteiger partial charge in [0.2, 0.25) is 0 Å². The van der Waals surface area contributed by atoms with Crippen LogP contribution in [0.1, 0.15) is 20.3 Å². The Labute approximate surface area is 79.1 Å². The molecule has 0 saturated carbocycles. The van der Waals surface area contributed by atoms with Crippen LogP contribution in [-0.4, -0.2) is 11.0 Å². The lowest BCUT2D eigenvalue weighted by molar-refractivity contribution is 0.483. The zero-order valence-electron chi connectivity index (χ0n) is 7.84. The predicted octanol–water partition coefficient (Wildman–Crippen LogP) is 3.02. The Kier molecular flexibility index (Phi) is 3.69. The molecule has 74 valence electrons. The van der Waals surface area contributed by atoms with Crippen LogP contribution in [0.3, 0.4) is 0 Å². The van der Waals surface area contributed by atoms with Crippen molar-refractivity contribution < 1.29 is 7.77 Å². The van der Waals surface area contributed by atoms with Crippen molar-refractivity contribution in [1.29, 1.82) is 10.5 Å². The van der Waals surface area contributed by atoms with E-state index in [4.69, 9.17) is 10.5 Å². The van der Waals surface area contributed by atoms with E-state index in [1.807, 2.05) is 0 Å². The Morgan fingerprint density at radius 3 is 2.15 bits per heavy atom. The van der Waals surface area contributed by atoms with Crippen molar-refractivity contribution in [1.82, 2.24) is 0 Å². The highest BCUT2D eigenvalue weighted by Crippen LogP contribution is 2.63. The highest BCUT2D eigenvalue weighted by Gasteiger charge is 2.46. The van der Waals surface area contributed by atoms with Crippen molar-refractivity contribution in [3.05, 3.63) is 0 Å². The molecule has 2 unspecified atom stereocenters. The first kappa shape index (κ1) is 12.2. The van der Waals surface area contributed by atoms with Crippen molar-refractivity contribution in [3.8, 4) is 12.1 Å². The molecule has 0 rings (SSSR count). The lowest BCUT2D eigenvalue weighted by Crippen LogP contribution is -2.34. The highest BCUT2D eigenvalue weighted by atomic mass is 32.3. The summed E-state index contributed by atoms with van der Waals surface area (Å²) in [6, 6.07) is 3.51. The van der Waals surface area contributed by atoms with Gasteiger partial charge in [-0.25, -0.2) is 0 Å². The van der Waals surface area contributed by atoms with Crippen molar-refractivity contribution >= 4 is 10.8 Å². The maximum atomic E-state index is 13.2. The Hall–Kier alpha value is -0.810. The average Bonchev–Trinajstić information content (AvgIpc) is 2.01. The minimum absolute atomic E-state index is 0.277. The van der Waals surface area contributed by atoms with Crippen molar-refractivity contribution in [3.63, 3.8) is 0 Å². The molecule has 0 aliphatic carbocycles. The van der Waals surface area contributed by atoms with Crippen LogP contribution in [0.4, 0.5) is 7.77 Å². The Morgan fingerprint density at radius 1 is 1.46 bits per heavy atom. The molecule has 0 saturated heterocycles. The van der Waals surface area contributed by atoms with E-state index < -0.39 is 21.5 Å². The van der Waals surface area contributed by atoms with E-state index in [1.165, 1.54) is 13.8 Å². The summed E-state index contributed by atoms with van der Waals surface area (Å²) in [7, 11) is -3.88. The van der Waals surface area contributed by atoms with Gasteiger partial charge >= 0.3 is 0 Å². The van der Waals surface area contributed by atoms with Crippen LogP contribution in [0.2, 0.25) is 0 Å². The molecular weight excluding hydrogens is 194 g/mol. The van der Waals surface area contributed by atoms with Gasteiger partial charge in [0.25, 0.3) is 0 Å². The molecule has 0 aliphatic heterocycles. The molecule has 0 radical (unpaired) electrons. The van der Waals surface area contributed by atoms with E-state index in [1.54, 1.807) is 12.1 Å². The second kappa shape index (κ2) is 3.93. The fourth-order valence-corrected chi connectivity index (χ4v) is 1.88. The lowest BCUT2D eigenvalue weighted by Gasteiger charge is -2.38. The number of halogens is 2. The number of nitrogens with zero attached hydrogens (tertiary/aromatic N) is 2. The quantitative estimate of drug-likeness (QED) is 0.712. The van der Waals surface area contributed by atoms with Crippen molar-refractivity contribution in [2.45, 2.75) is 25.0 Å². The molecule has 2 atom stereocenters.